The van der Waals surface area contributed by atoms with E-state index in [1.54, 1.807) is 17.6 Å². The second-order valence-corrected chi connectivity index (χ2v) is 5.35. The standard InChI is InChI=1S/C13H13N3O2S.ClH/c1-8-9(2)19-13(15-8)16-14-6-10-3-4-11-12(5-10)18-7-17-11;/h3-6H,7H2,1-2H3,(H,15,16);1H/b14-6+;. The molecule has 106 valence electrons. The van der Waals surface area contributed by atoms with Gasteiger partial charge in [-0.2, -0.15) is 5.10 Å². The highest BCUT2D eigenvalue weighted by molar-refractivity contribution is 7.15. The van der Waals surface area contributed by atoms with Crippen LogP contribution in [0.1, 0.15) is 16.1 Å². The van der Waals surface area contributed by atoms with Crippen LogP contribution in [-0.2, 0) is 0 Å². The second-order valence-electron chi connectivity index (χ2n) is 4.14. The number of hydrazone groups is 1. The molecule has 1 aromatic heterocycles. The zero-order chi connectivity index (χ0) is 13.2. The monoisotopic (exact) mass is 311 g/mol. The molecule has 0 aliphatic carbocycles. The molecule has 2 aromatic rings. The molecule has 0 saturated heterocycles. The van der Waals surface area contributed by atoms with Crippen LogP contribution in [0.25, 0.3) is 0 Å². The smallest absolute Gasteiger partial charge is 0.231 e. The lowest BCUT2D eigenvalue weighted by molar-refractivity contribution is 0.174. The van der Waals surface area contributed by atoms with E-state index in [-0.39, 0.29) is 19.2 Å². The third-order valence-corrected chi connectivity index (χ3v) is 3.78. The van der Waals surface area contributed by atoms with Gasteiger partial charge in [-0.3, -0.25) is 5.43 Å². The van der Waals surface area contributed by atoms with Crippen LogP contribution in [0.15, 0.2) is 23.3 Å². The fourth-order valence-corrected chi connectivity index (χ4v) is 2.44. The lowest BCUT2D eigenvalue weighted by Gasteiger charge is -1.97. The summed E-state index contributed by atoms with van der Waals surface area (Å²) in [5, 5.41) is 4.97. The van der Waals surface area contributed by atoms with E-state index in [4.69, 9.17) is 9.47 Å². The van der Waals surface area contributed by atoms with Gasteiger partial charge in [-0.1, -0.05) is 0 Å². The van der Waals surface area contributed by atoms with Gasteiger partial charge >= 0.3 is 0 Å². The first-order chi connectivity index (χ1) is 9.22. The molecule has 7 heteroatoms. The van der Waals surface area contributed by atoms with Gasteiger partial charge in [0.15, 0.2) is 11.5 Å². The number of thiazole rings is 1. The van der Waals surface area contributed by atoms with Gasteiger partial charge in [-0.05, 0) is 37.6 Å². The Morgan fingerprint density at radius 2 is 2.10 bits per heavy atom. The lowest BCUT2D eigenvalue weighted by atomic mass is 10.2. The number of aryl methyl sites for hydroxylation is 2. The summed E-state index contributed by atoms with van der Waals surface area (Å²) >= 11 is 1.59. The van der Waals surface area contributed by atoms with Gasteiger partial charge in [0.05, 0.1) is 11.9 Å². The van der Waals surface area contributed by atoms with E-state index in [2.05, 4.69) is 15.5 Å². The third-order valence-electron chi connectivity index (χ3n) is 2.80. The topological polar surface area (TPSA) is 55.7 Å². The molecular weight excluding hydrogens is 298 g/mol. The van der Waals surface area contributed by atoms with Gasteiger partial charge in [0.2, 0.25) is 11.9 Å². The summed E-state index contributed by atoms with van der Waals surface area (Å²) in [4.78, 5) is 5.54. The van der Waals surface area contributed by atoms with E-state index < -0.39 is 0 Å². The fraction of sp³-hybridized carbons (Fsp3) is 0.231. The molecule has 1 aromatic carbocycles. The summed E-state index contributed by atoms with van der Waals surface area (Å²) in [6.45, 7) is 4.31. The number of hydrogen-bond acceptors (Lipinski definition) is 6. The number of aromatic nitrogens is 1. The summed E-state index contributed by atoms with van der Waals surface area (Å²) in [5.74, 6) is 1.53. The number of ether oxygens (including phenoxy) is 2. The molecule has 0 spiro atoms. The van der Waals surface area contributed by atoms with E-state index in [0.29, 0.717) is 0 Å². The van der Waals surface area contributed by atoms with Crippen molar-refractivity contribution >= 4 is 35.1 Å². The van der Waals surface area contributed by atoms with Crippen LogP contribution in [0.4, 0.5) is 5.13 Å². The molecule has 1 N–H and O–H groups in total. The summed E-state index contributed by atoms with van der Waals surface area (Å²) in [6, 6.07) is 5.70. The molecule has 0 fully saturated rings. The maximum absolute atomic E-state index is 5.31. The predicted molar refractivity (Wildman–Crippen MR) is 82.6 cm³/mol. The molecule has 1 aliphatic rings. The predicted octanol–water partition coefficient (Wildman–Crippen LogP) is 3.36. The van der Waals surface area contributed by atoms with Crippen LogP contribution < -0.4 is 14.9 Å². The molecule has 20 heavy (non-hydrogen) atoms. The van der Waals surface area contributed by atoms with Crippen molar-refractivity contribution in [1.82, 2.24) is 4.98 Å². The summed E-state index contributed by atoms with van der Waals surface area (Å²) in [7, 11) is 0. The molecule has 1 aliphatic heterocycles. The maximum Gasteiger partial charge on any atom is 0.231 e. The number of nitrogens with zero attached hydrogens (tertiary/aromatic N) is 2. The molecule has 0 unspecified atom stereocenters. The van der Waals surface area contributed by atoms with Crippen LogP contribution in [0.3, 0.4) is 0 Å². The van der Waals surface area contributed by atoms with Crippen LogP contribution >= 0.6 is 23.7 Å². The van der Waals surface area contributed by atoms with E-state index in [9.17, 15) is 0 Å². The zero-order valence-electron chi connectivity index (χ0n) is 11.0. The number of halogens is 1. The Hall–Kier alpha value is -1.79. The molecule has 0 saturated carbocycles. The van der Waals surface area contributed by atoms with Crippen molar-refractivity contribution in [2.75, 3.05) is 12.2 Å². The summed E-state index contributed by atoms with van der Waals surface area (Å²) in [5.41, 5.74) is 4.91. The van der Waals surface area contributed by atoms with Gasteiger partial charge in [0.1, 0.15) is 0 Å². The van der Waals surface area contributed by atoms with Gasteiger partial charge in [0, 0.05) is 4.88 Å². The molecule has 5 nitrogen and oxygen atoms in total. The Kier molecular flexibility index (Phi) is 4.46. The molecule has 2 heterocycles. The SMILES string of the molecule is Cc1nc(N/N=C/c2ccc3c(c2)OCO3)sc1C.Cl. The molecule has 0 atom stereocenters. The van der Waals surface area contributed by atoms with Crippen LogP contribution in [0.2, 0.25) is 0 Å². The largest absolute Gasteiger partial charge is 0.454 e. The minimum atomic E-state index is 0. The van der Waals surface area contributed by atoms with Crippen LogP contribution in [-0.4, -0.2) is 18.0 Å². The number of anilines is 1. The van der Waals surface area contributed by atoms with E-state index in [1.807, 2.05) is 32.0 Å². The first-order valence-electron chi connectivity index (χ1n) is 5.85. The van der Waals surface area contributed by atoms with Crippen molar-refractivity contribution in [2.24, 2.45) is 5.10 Å². The normalized spacial score (nSPS) is 12.5. The first-order valence-corrected chi connectivity index (χ1v) is 6.67. The van der Waals surface area contributed by atoms with Crippen molar-refractivity contribution in [3.05, 3.63) is 34.3 Å². The van der Waals surface area contributed by atoms with Gasteiger partial charge < -0.3 is 9.47 Å². The zero-order valence-corrected chi connectivity index (χ0v) is 12.7. The van der Waals surface area contributed by atoms with E-state index >= 15 is 0 Å². The maximum atomic E-state index is 5.31. The highest BCUT2D eigenvalue weighted by Gasteiger charge is 2.12. The van der Waals surface area contributed by atoms with Gasteiger partial charge in [-0.15, -0.1) is 23.7 Å². The van der Waals surface area contributed by atoms with E-state index in [0.717, 1.165) is 27.9 Å². The molecule has 0 radical (unpaired) electrons. The minimum Gasteiger partial charge on any atom is -0.454 e. The number of nitrogens with one attached hydrogen (secondary N) is 1. The average molecular weight is 312 g/mol. The minimum absolute atomic E-state index is 0. The summed E-state index contributed by atoms with van der Waals surface area (Å²) < 4.78 is 10.6. The van der Waals surface area contributed by atoms with Crippen molar-refractivity contribution in [3.8, 4) is 11.5 Å². The summed E-state index contributed by atoms with van der Waals surface area (Å²) in [6.07, 6.45) is 1.73. The fourth-order valence-electron chi connectivity index (χ4n) is 1.68. The highest BCUT2D eigenvalue weighted by Crippen LogP contribution is 2.32. The van der Waals surface area contributed by atoms with Crippen molar-refractivity contribution in [1.29, 1.82) is 0 Å². The third kappa shape index (κ3) is 3.02. The van der Waals surface area contributed by atoms with Crippen LogP contribution in [0, 0.1) is 13.8 Å². The van der Waals surface area contributed by atoms with Crippen LogP contribution in [0.5, 0.6) is 11.5 Å². The van der Waals surface area contributed by atoms with Gasteiger partial charge in [-0.25, -0.2) is 4.98 Å². The average Bonchev–Trinajstić information content (AvgIpc) is 2.96. The molecule has 0 amide bonds. The molecule has 3 rings (SSSR count). The highest BCUT2D eigenvalue weighted by atomic mass is 35.5. The second kappa shape index (κ2) is 6.11. The lowest BCUT2D eigenvalue weighted by Crippen LogP contribution is -1.93. The number of rotatable bonds is 3. The number of hydrogen-bond donors (Lipinski definition) is 1. The Labute approximate surface area is 127 Å². The van der Waals surface area contributed by atoms with Crippen molar-refractivity contribution in [3.63, 3.8) is 0 Å². The molecular formula is C13H14ClN3O2S. The first kappa shape index (κ1) is 14.6. The van der Waals surface area contributed by atoms with E-state index in [1.165, 1.54) is 4.88 Å². The number of fused-ring (bicyclic) bond motifs is 1. The Morgan fingerprint density at radius 3 is 2.85 bits per heavy atom. The Balaban J connectivity index is 0.00000147. The van der Waals surface area contributed by atoms with Crippen molar-refractivity contribution in [2.45, 2.75) is 13.8 Å². The Morgan fingerprint density at radius 1 is 1.30 bits per heavy atom. The number of benzene rings is 1. The molecule has 0 bridgehead atoms. The van der Waals surface area contributed by atoms with Gasteiger partial charge in [0.25, 0.3) is 0 Å². The Bertz CT molecular complexity index is 623. The quantitative estimate of drug-likeness (QED) is 0.697. The van der Waals surface area contributed by atoms with Crippen molar-refractivity contribution < 1.29 is 9.47 Å².